The maximum absolute atomic E-state index is 3.73. The van der Waals surface area contributed by atoms with E-state index >= 15 is 0 Å². The summed E-state index contributed by atoms with van der Waals surface area (Å²) in [6, 6.07) is 18.2. The summed E-state index contributed by atoms with van der Waals surface area (Å²) < 4.78 is 0. The Morgan fingerprint density at radius 2 is 1.95 bits per heavy atom. The molecular formula is C19H20N2. The van der Waals surface area contributed by atoms with Gasteiger partial charge in [0.15, 0.2) is 0 Å². The van der Waals surface area contributed by atoms with E-state index in [9.17, 15) is 0 Å². The number of aromatic nitrogens is 1. The highest BCUT2D eigenvalue weighted by atomic mass is 14.9. The molecule has 2 heteroatoms. The fraction of sp³-hybridized carbons (Fsp3) is 0.263. The summed E-state index contributed by atoms with van der Waals surface area (Å²) in [4.78, 5) is 3.24. The van der Waals surface area contributed by atoms with Crippen LogP contribution in [0.15, 0.2) is 54.7 Å². The Morgan fingerprint density at radius 3 is 2.90 bits per heavy atom. The Balaban J connectivity index is 1.43. The fourth-order valence-corrected chi connectivity index (χ4v) is 3.35. The standard InChI is InChI=1S/C19H20N2/c1-2-4-16-12-18(7-6-15(16)3-1)21-13-14-5-8-19-17(11-14)9-10-20-19/h1-5,8-11,18,20-21H,6-7,12-13H2. The van der Waals surface area contributed by atoms with E-state index in [1.807, 2.05) is 6.20 Å². The molecule has 0 saturated heterocycles. The van der Waals surface area contributed by atoms with E-state index in [1.165, 1.54) is 40.4 Å². The van der Waals surface area contributed by atoms with Gasteiger partial charge in [-0.1, -0.05) is 30.3 Å². The number of hydrogen-bond donors (Lipinski definition) is 2. The average Bonchev–Trinajstić information content (AvgIpc) is 3.00. The summed E-state index contributed by atoms with van der Waals surface area (Å²) in [5, 5.41) is 5.02. The lowest BCUT2D eigenvalue weighted by atomic mass is 9.88. The zero-order valence-corrected chi connectivity index (χ0v) is 12.1. The molecule has 0 saturated carbocycles. The first kappa shape index (κ1) is 12.7. The van der Waals surface area contributed by atoms with Crippen molar-refractivity contribution in [1.82, 2.24) is 10.3 Å². The molecular weight excluding hydrogens is 256 g/mol. The normalized spacial score (nSPS) is 17.8. The zero-order valence-electron chi connectivity index (χ0n) is 12.1. The topological polar surface area (TPSA) is 27.8 Å². The molecule has 0 spiro atoms. The van der Waals surface area contributed by atoms with Crippen LogP contribution in [0.2, 0.25) is 0 Å². The quantitative estimate of drug-likeness (QED) is 0.748. The SMILES string of the molecule is c1ccc2c(c1)CCC(NCc1ccc3[nH]ccc3c1)C2. The summed E-state index contributed by atoms with van der Waals surface area (Å²) >= 11 is 0. The van der Waals surface area contributed by atoms with Crippen molar-refractivity contribution in [2.45, 2.75) is 31.8 Å². The van der Waals surface area contributed by atoms with Crippen molar-refractivity contribution >= 4 is 10.9 Å². The Labute approximate surface area is 125 Å². The second-order valence-electron chi connectivity index (χ2n) is 5.99. The number of fused-ring (bicyclic) bond motifs is 2. The molecule has 0 amide bonds. The molecule has 1 atom stereocenters. The van der Waals surface area contributed by atoms with Crippen LogP contribution in [0.1, 0.15) is 23.1 Å². The predicted octanol–water partition coefficient (Wildman–Crippen LogP) is 3.82. The number of aromatic amines is 1. The molecule has 0 radical (unpaired) electrons. The third-order valence-electron chi connectivity index (χ3n) is 4.56. The van der Waals surface area contributed by atoms with Crippen LogP contribution in [0.5, 0.6) is 0 Å². The molecule has 1 heterocycles. The first-order chi connectivity index (χ1) is 10.4. The van der Waals surface area contributed by atoms with E-state index in [4.69, 9.17) is 0 Å². The maximum Gasteiger partial charge on any atom is 0.0454 e. The average molecular weight is 276 g/mol. The summed E-state index contributed by atoms with van der Waals surface area (Å²) in [5.41, 5.74) is 5.62. The first-order valence-electron chi connectivity index (χ1n) is 7.75. The third-order valence-corrected chi connectivity index (χ3v) is 4.56. The lowest BCUT2D eigenvalue weighted by molar-refractivity contribution is 0.458. The largest absolute Gasteiger partial charge is 0.361 e. The molecule has 4 rings (SSSR count). The van der Waals surface area contributed by atoms with E-state index in [-0.39, 0.29) is 0 Å². The van der Waals surface area contributed by atoms with Gasteiger partial charge in [0.1, 0.15) is 0 Å². The van der Waals surface area contributed by atoms with Crippen LogP contribution in [0.4, 0.5) is 0 Å². The van der Waals surface area contributed by atoms with Gasteiger partial charge in [0.05, 0.1) is 0 Å². The van der Waals surface area contributed by atoms with Gasteiger partial charge in [-0.15, -0.1) is 0 Å². The van der Waals surface area contributed by atoms with Crippen LogP contribution in [-0.4, -0.2) is 11.0 Å². The lowest BCUT2D eigenvalue weighted by Crippen LogP contribution is -2.34. The van der Waals surface area contributed by atoms with Gasteiger partial charge in [-0.05, 0) is 59.5 Å². The van der Waals surface area contributed by atoms with E-state index in [1.54, 1.807) is 0 Å². The van der Waals surface area contributed by atoms with E-state index < -0.39 is 0 Å². The molecule has 106 valence electrons. The number of nitrogens with one attached hydrogen (secondary N) is 2. The van der Waals surface area contributed by atoms with Gasteiger partial charge < -0.3 is 10.3 Å². The third kappa shape index (κ3) is 2.59. The molecule has 1 unspecified atom stereocenters. The van der Waals surface area contributed by atoms with Crippen LogP contribution in [0.25, 0.3) is 10.9 Å². The fourth-order valence-electron chi connectivity index (χ4n) is 3.35. The Bertz CT molecular complexity index is 757. The molecule has 1 aromatic heterocycles. The molecule has 2 nitrogen and oxygen atoms in total. The van der Waals surface area contributed by atoms with Gasteiger partial charge >= 0.3 is 0 Å². The Hall–Kier alpha value is -2.06. The van der Waals surface area contributed by atoms with Crippen LogP contribution >= 0.6 is 0 Å². The molecule has 1 aliphatic carbocycles. The van der Waals surface area contributed by atoms with Crippen LogP contribution in [0, 0.1) is 0 Å². The van der Waals surface area contributed by atoms with Crippen molar-refractivity contribution in [3.63, 3.8) is 0 Å². The van der Waals surface area contributed by atoms with Gasteiger partial charge in [0.25, 0.3) is 0 Å². The minimum Gasteiger partial charge on any atom is -0.361 e. The summed E-state index contributed by atoms with van der Waals surface area (Å²) in [5.74, 6) is 0. The second-order valence-corrected chi connectivity index (χ2v) is 5.99. The Morgan fingerprint density at radius 1 is 1.05 bits per heavy atom. The monoisotopic (exact) mass is 276 g/mol. The molecule has 3 aromatic rings. The molecule has 21 heavy (non-hydrogen) atoms. The number of H-pyrrole nitrogens is 1. The highest BCUT2D eigenvalue weighted by Gasteiger charge is 2.17. The molecule has 2 N–H and O–H groups in total. The number of aryl methyl sites for hydroxylation is 1. The second kappa shape index (κ2) is 5.38. The number of rotatable bonds is 3. The molecule has 1 aliphatic rings. The van der Waals surface area contributed by atoms with E-state index in [2.05, 4.69) is 58.8 Å². The van der Waals surface area contributed by atoms with Gasteiger partial charge in [0, 0.05) is 24.3 Å². The van der Waals surface area contributed by atoms with Gasteiger partial charge in [-0.2, -0.15) is 0 Å². The van der Waals surface area contributed by atoms with Gasteiger partial charge in [0.2, 0.25) is 0 Å². The smallest absolute Gasteiger partial charge is 0.0454 e. The van der Waals surface area contributed by atoms with Crippen molar-refractivity contribution in [2.75, 3.05) is 0 Å². The number of benzene rings is 2. The molecule has 0 aliphatic heterocycles. The van der Waals surface area contributed by atoms with E-state index in [0.29, 0.717) is 6.04 Å². The molecule has 0 fully saturated rings. The van der Waals surface area contributed by atoms with Crippen molar-refractivity contribution in [2.24, 2.45) is 0 Å². The highest BCUT2D eigenvalue weighted by molar-refractivity contribution is 5.79. The molecule has 0 bridgehead atoms. The van der Waals surface area contributed by atoms with Crippen molar-refractivity contribution in [3.05, 3.63) is 71.4 Å². The summed E-state index contributed by atoms with van der Waals surface area (Å²) in [6.07, 6.45) is 5.59. The summed E-state index contributed by atoms with van der Waals surface area (Å²) in [6.45, 7) is 0.952. The maximum atomic E-state index is 3.73. The highest BCUT2D eigenvalue weighted by Crippen LogP contribution is 2.21. The van der Waals surface area contributed by atoms with Crippen molar-refractivity contribution < 1.29 is 0 Å². The van der Waals surface area contributed by atoms with Crippen LogP contribution < -0.4 is 5.32 Å². The first-order valence-corrected chi connectivity index (χ1v) is 7.75. The summed E-state index contributed by atoms with van der Waals surface area (Å²) in [7, 11) is 0. The predicted molar refractivity (Wildman–Crippen MR) is 87.4 cm³/mol. The van der Waals surface area contributed by atoms with E-state index in [0.717, 1.165) is 13.0 Å². The minimum atomic E-state index is 0.599. The number of hydrogen-bond acceptors (Lipinski definition) is 1. The Kier molecular flexibility index (Phi) is 3.24. The van der Waals surface area contributed by atoms with Gasteiger partial charge in [-0.25, -0.2) is 0 Å². The minimum absolute atomic E-state index is 0.599. The van der Waals surface area contributed by atoms with Crippen molar-refractivity contribution in [3.8, 4) is 0 Å². The zero-order chi connectivity index (χ0) is 14.1. The lowest BCUT2D eigenvalue weighted by Gasteiger charge is -2.25. The van der Waals surface area contributed by atoms with Gasteiger partial charge in [-0.3, -0.25) is 0 Å². The van der Waals surface area contributed by atoms with Crippen molar-refractivity contribution in [1.29, 1.82) is 0 Å². The van der Waals surface area contributed by atoms with Crippen LogP contribution in [-0.2, 0) is 19.4 Å². The van der Waals surface area contributed by atoms with Crippen LogP contribution in [0.3, 0.4) is 0 Å². The molecule has 2 aromatic carbocycles.